The highest BCUT2D eigenvalue weighted by atomic mass is 16.6. The summed E-state index contributed by atoms with van der Waals surface area (Å²) in [7, 11) is 0. The van der Waals surface area contributed by atoms with Gasteiger partial charge in [0.1, 0.15) is 28.7 Å². The van der Waals surface area contributed by atoms with E-state index in [9.17, 15) is 4.79 Å². The second-order valence-corrected chi connectivity index (χ2v) is 5.93. The number of nitrogens with one attached hydrogen (secondary N) is 1. The van der Waals surface area contributed by atoms with Crippen LogP contribution >= 0.6 is 0 Å². The van der Waals surface area contributed by atoms with Crippen LogP contribution in [0, 0.1) is 6.92 Å². The lowest BCUT2D eigenvalue weighted by atomic mass is 10.2. The molecule has 0 aliphatic rings. The molecule has 2 aromatic rings. The molecule has 7 nitrogen and oxygen atoms in total. The quantitative estimate of drug-likeness (QED) is 0.899. The Hall–Kier alpha value is -2.83. The second kappa shape index (κ2) is 6.51. The number of nitrogens with two attached hydrogens (primary N) is 1. The van der Waals surface area contributed by atoms with E-state index in [1.165, 1.54) is 6.20 Å². The summed E-state index contributed by atoms with van der Waals surface area (Å²) in [5, 5.41) is 2.56. The number of aromatic nitrogens is 2. The first-order valence-electron chi connectivity index (χ1n) is 7.10. The molecule has 2 aromatic heterocycles. The number of hydrogen-bond donors (Lipinski definition) is 2. The predicted octanol–water partition coefficient (Wildman–Crippen LogP) is 3.51. The van der Waals surface area contributed by atoms with Gasteiger partial charge in [0.25, 0.3) is 0 Å². The molecular weight excluding hydrogens is 296 g/mol. The first kappa shape index (κ1) is 16.5. The van der Waals surface area contributed by atoms with Crippen LogP contribution in [-0.4, -0.2) is 21.7 Å². The van der Waals surface area contributed by atoms with Crippen LogP contribution in [0.4, 0.5) is 16.4 Å². The van der Waals surface area contributed by atoms with Gasteiger partial charge in [-0.1, -0.05) is 0 Å². The molecule has 0 aromatic carbocycles. The smallest absolute Gasteiger partial charge is 0.413 e. The van der Waals surface area contributed by atoms with E-state index in [0.717, 1.165) is 0 Å². The number of nitrogen functional groups attached to an aromatic ring is 1. The van der Waals surface area contributed by atoms with Crippen LogP contribution in [0.1, 0.15) is 26.5 Å². The van der Waals surface area contributed by atoms with E-state index >= 15 is 0 Å². The summed E-state index contributed by atoms with van der Waals surface area (Å²) < 4.78 is 10.9. The van der Waals surface area contributed by atoms with E-state index in [2.05, 4.69) is 15.3 Å². The first-order valence-corrected chi connectivity index (χ1v) is 7.10. The Balaban J connectivity index is 2.09. The number of anilines is 2. The highest BCUT2D eigenvalue weighted by Crippen LogP contribution is 2.25. The average molecular weight is 316 g/mol. The van der Waals surface area contributed by atoms with E-state index in [0.29, 0.717) is 28.8 Å². The van der Waals surface area contributed by atoms with Crippen LogP contribution in [-0.2, 0) is 4.74 Å². The van der Waals surface area contributed by atoms with Crippen LogP contribution in [0.2, 0.25) is 0 Å². The van der Waals surface area contributed by atoms with Gasteiger partial charge in [0.05, 0.1) is 5.69 Å². The number of amides is 1. The molecule has 2 heterocycles. The monoisotopic (exact) mass is 316 g/mol. The molecular formula is C16H20N4O3. The summed E-state index contributed by atoms with van der Waals surface area (Å²) in [6.07, 6.45) is 0.953. The number of carbonyl (C=O) groups excluding carboxylic acids is 1. The van der Waals surface area contributed by atoms with Crippen LogP contribution in [0.5, 0.6) is 11.5 Å². The normalized spacial score (nSPS) is 11.0. The fourth-order valence-electron chi connectivity index (χ4n) is 1.75. The maximum atomic E-state index is 11.8. The molecule has 0 saturated carbocycles. The van der Waals surface area contributed by atoms with Crippen LogP contribution in [0.3, 0.4) is 0 Å². The highest BCUT2D eigenvalue weighted by molar-refractivity contribution is 5.83. The van der Waals surface area contributed by atoms with E-state index < -0.39 is 11.7 Å². The lowest BCUT2D eigenvalue weighted by molar-refractivity contribution is 0.0635. The fourth-order valence-corrected chi connectivity index (χ4v) is 1.75. The van der Waals surface area contributed by atoms with Crippen molar-refractivity contribution in [2.45, 2.75) is 33.3 Å². The Labute approximate surface area is 134 Å². The fraction of sp³-hybridized carbons (Fsp3) is 0.312. The summed E-state index contributed by atoms with van der Waals surface area (Å²) in [6.45, 7) is 7.16. The second-order valence-electron chi connectivity index (χ2n) is 5.93. The van der Waals surface area contributed by atoms with E-state index in [1.807, 2.05) is 0 Å². The summed E-state index contributed by atoms with van der Waals surface area (Å²) in [5.74, 6) is 1.85. The number of aryl methyl sites for hydroxylation is 1. The molecule has 0 saturated heterocycles. The lowest BCUT2D eigenvalue weighted by Gasteiger charge is -2.19. The summed E-state index contributed by atoms with van der Waals surface area (Å²) >= 11 is 0. The Morgan fingerprint density at radius 2 is 2.00 bits per heavy atom. The number of pyridine rings is 2. The molecule has 0 aliphatic heterocycles. The van der Waals surface area contributed by atoms with Gasteiger partial charge in [0, 0.05) is 12.3 Å². The van der Waals surface area contributed by atoms with Crippen molar-refractivity contribution in [3.05, 3.63) is 36.2 Å². The molecule has 0 spiro atoms. The van der Waals surface area contributed by atoms with Gasteiger partial charge in [-0.25, -0.2) is 14.8 Å². The standard InChI is InChI=1S/C16H20N4O3/c1-10-12(5-6-13(17)19-10)22-11-7-8-18-14(9-11)20-15(21)23-16(2,3)4/h5-9H,1-4H3,(H2,17,19)(H,18,20,21). The number of nitrogens with zero attached hydrogens (tertiary/aromatic N) is 2. The van der Waals surface area contributed by atoms with Crippen LogP contribution in [0.15, 0.2) is 30.5 Å². The Morgan fingerprint density at radius 1 is 1.26 bits per heavy atom. The lowest BCUT2D eigenvalue weighted by Crippen LogP contribution is -2.27. The molecule has 2 rings (SSSR count). The molecule has 1 amide bonds. The third-order valence-electron chi connectivity index (χ3n) is 2.65. The Morgan fingerprint density at radius 3 is 2.65 bits per heavy atom. The number of carbonyl (C=O) groups is 1. The van der Waals surface area contributed by atoms with Gasteiger partial charge in [-0.2, -0.15) is 0 Å². The Bertz CT molecular complexity index is 711. The van der Waals surface area contributed by atoms with Crippen molar-refractivity contribution in [2.75, 3.05) is 11.1 Å². The van der Waals surface area contributed by atoms with Gasteiger partial charge < -0.3 is 15.2 Å². The largest absolute Gasteiger partial charge is 0.455 e. The number of ether oxygens (including phenoxy) is 2. The minimum atomic E-state index is -0.578. The van der Waals surface area contributed by atoms with Crippen LogP contribution in [0.25, 0.3) is 0 Å². The van der Waals surface area contributed by atoms with Crippen molar-refractivity contribution in [1.29, 1.82) is 0 Å². The molecule has 23 heavy (non-hydrogen) atoms. The number of rotatable bonds is 3. The van der Waals surface area contributed by atoms with Crippen molar-refractivity contribution in [1.82, 2.24) is 9.97 Å². The minimum absolute atomic E-state index is 0.331. The zero-order valence-corrected chi connectivity index (χ0v) is 13.6. The molecule has 3 N–H and O–H groups in total. The van der Waals surface area contributed by atoms with Gasteiger partial charge >= 0.3 is 6.09 Å². The highest BCUT2D eigenvalue weighted by Gasteiger charge is 2.16. The molecule has 122 valence electrons. The van der Waals surface area contributed by atoms with Crippen molar-refractivity contribution >= 4 is 17.7 Å². The summed E-state index contributed by atoms with van der Waals surface area (Å²) in [5.41, 5.74) is 5.70. The third kappa shape index (κ3) is 5.14. The maximum Gasteiger partial charge on any atom is 0.413 e. The van der Waals surface area contributed by atoms with Gasteiger partial charge in [-0.15, -0.1) is 0 Å². The minimum Gasteiger partial charge on any atom is -0.455 e. The van der Waals surface area contributed by atoms with Crippen molar-refractivity contribution in [3.63, 3.8) is 0 Å². The topological polar surface area (TPSA) is 99.4 Å². The van der Waals surface area contributed by atoms with Gasteiger partial charge in [-0.3, -0.25) is 5.32 Å². The van der Waals surface area contributed by atoms with Crippen molar-refractivity contribution in [3.8, 4) is 11.5 Å². The molecule has 7 heteroatoms. The third-order valence-corrected chi connectivity index (χ3v) is 2.65. The SMILES string of the molecule is Cc1nc(N)ccc1Oc1ccnc(NC(=O)OC(C)(C)C)c1. The molecule has 0 unspecified atom stereocenters. The summed E-state index contributed by atoms with van der Waals surface area (Å²) in [4.78, 5) is 19.9. The van der Waals surface area contributed by atoms with E-state index in [1.54, 1.807) is 52.0 Å². The Kier molecular flexibility index (Phi) is 4.68. The van der Waals surface area contributed by atoms with E-state index in [4.69, 9.17) is 15.2 Å². The molecule has 0 fully saturated rings. The maximum absolute atomic E-state index is 11.8. The van der Waals surface area contributed by atoms with Gasteiger partial charge in [0.15, 0.2) is 0 Å². The average Bonchev–Trinajstić information content (AvgIpc) is 2.40. The molecule has 0 radical (unpaired) electrons. The van der Waals surface area contributed by atoms with Crippen LogP contribution < -0.4 is 15.8 Å². The zero-order chi connectivity index (χ0) is 17.0. The summed E-state index contributed by atoms with van der Waals surface area (Å²) in [6, 6.07) is 6.66. The predicted molar refractivity (Wildman–Crippen MR) is 87.6 cm³/mol. The van der Waals surface area contributed by atoms with Gasteiger partial charge in [-0.05, 0) is 45.9 Å². The molecule has 0 bridgehead atoms. The van der Waals surface area contributed by atoms with Crippen molar-refractivity contribution < 1.29 is 14.3 Å². The van der Waals surface area contributed by atoms with Gasteiger partial charge in [0.2, 0.25) is 0 Å². The molecule has 0 aliphatic carbocycles. The first-order chi connectivity index (χ1) is 10.7. The zero-order valence-electron chi connectivity index (χ0n) is 13.6. The number of hydrogen-bond acceptors (Lipinski definition) is 6. The van der Waals surface area contributed by atoms with Crippen molar-refractivity contribution in [2.24, 2.45) is 0 Å². The molecule has 0 atom stereocenters. The van der Waals surface area contributed by atoms with E-state index in [-0.39, 0.29) is 0 Å².